The maximum Gasteiger partial charge on any atom is 0.160 e. The van der Waals surface area contributed by atoms with Crippen LogP contribution in [0, 0.1) is 0 Å². The lowest BCUT2D eigenvalue weighted by atomic mass is 9.93. The molecule has 3 aromatic heterocycles. The molecule has 0 atom stereocenters. The summed E-state index contributed by atoms with van der Waals surface area (Å²) in [6.07, 6.45) is 1.84. The fraction of sp³-hybridized carbons (Fsp3) is 0. The number of hydrogen-bond donors (Lipinski definition) is 0. The largest absolute Gasteiger partial charge is 0.455 e. The molecule has 0 bridgehead atoms. The Hall–Kier alpha value is -6.39. The van der Waals surface area contributed by atoms with Gasteiger partial charge in [0.25, 0.3) is 0 Å². The summed E-state index contributed by atoms with van der Waals surface area (Å²) in [6, 6.07) is 54.3. The molecule has 0 aliphatic rings. The van der Waals surface area contributed by atoms with Crippen LogP contribution in [-0.2, 0) is 0 Å². The van der Waals surface area contributed by atoms with E-state index < -0.39 is 0 Å². The van der Waals surface area contributed by atoms with Gasteiger partial charge in [-0.3, -0.25) is 4.98 Å². The predicted octanol–water partition coefficient (Wildman–Crippen LogP) is 11.3. The van der Waals surface area contributed by atoms with Crippen molar-refractivity contribution >= 4 is 32.8 Å². The summed E-state index contributed by atoms with van der Waals surface area (Å²) in [5.74, 6) is 0.659. The Kier molecular flexibility index (Phi) is 6.43. The van der Waals surface area contributed by atoms with E-state index >= 15 is 0 Å². The second-order valence-corrected chi connectivity index (χ2v) is 11.6. The Morgan fingerprint density at radius 1 is 0.404 bits per heavy atom. The topological polar surface area (TPSA) is 51.8 Å². The average molecular weight is 602 g/mol. The van der Waals surface area contributed by atoms with Gasteiger partial charge < -0.3 is 4.42 Å². The van der Waals surface area contributed by atoms with Crippen LogP contribution in [-0.4, -0.2) is 15.0 Å². The summed E-state index contributed by atoms with van der Waals surface area (Å²) in [7, 11) is 0. The van der Waals surface area contributed by atoms with Crippen molar-refractivity contribution in [2.24, 2.45) is 0 Å². The monoisotopic (exact) mass is 601 g/mol. The smallest absolute Gasteiger partial charge is 0.160 e. The Bertz CT molecular complexity index is 2570. The number of benzene rings is 6. The van der Waals surface area contributed by atoms with Crippen molar-refractivity contribution in [2.75, 3.05) is 0 Å². The lowest BCUT2D eigenvalue weighted by Crippen LogP contribution is -1.97. The molecule has 9 rings (SSSR count). The minimum Gasteiger partial charge on any atom is -0.455 e. The minimum atomic E-state index is 0.659. The molecule has 0 radical (unpaired) electrons. The molecular weight excluding hydrogens is 574 g/mol. The fourth-order valence-electron chi connectivity index (χ4n) is 6.48. The highest BCUT2D eigenvalue weighted by Gasteiger charge is 2.18. The molecule has 0 aliphatic heterocycles. The van der Waals surface area contributed by atoms with Gasteiger partial charge in [0.2, 0.25) is 0 Å². The molecule has 47 heavy (non-hydrogen) atoms. The van der Waals surface area contributed by atoms with Crippen molar-refractivity contribution in [3.05, 3.63) is 164 Å². The highest BCUT2D eigenvalue weighted by molar-refractivity contribution is 6.09. The van der Waals surface area contributed by atoms with Crippen LogP contribution in [0.5, 0.6) is 0 Å². The van der Waals surface area contributed by atoms with Crippen molar-refractivity contribution in [1.82, 2.24) is 15.0 Å². The number of nitrogens with zero attached hydrogens (tertiary/aromatic N) is 3. The van der Waals surface area contributed by atoms with Gasteiger partial charge in [-0.25, -0.2) is 9.97 Å². The van der Waals surface area contributed by atoms with Crippen molar-refractivity contribution in [2.45, 2.75) is 0 Å². The van der Waals surface area contributed by atoms with E-state index in [1.807, 2.05) is 54.7 Å². The Morgan fingerprint density at radius 2 is 1.06 bits per heavy atom. The van der Waals surface area contributed by atoms with E-state index in [0.717, 1.165) is 83.2 Å². The number of para-hydroxylation sites is 2. The van der Waals surface area contributed by atoms with E-state index in [4.69, 9.17) is 14.4 Å². The van der Waals surface area contributed by atoms with Crippen LogP contribution in [0.2, 0.25) is 0 Å². The van der Waals surface area contributed by atoms with Gasteiger partial charge in [0, 0.05) is 39.0 Å². The van der Waals surface area contributed by atoms with Gasteiger partial charge in [0.15, 0.2) is 5.82 Å². The number of rotatable bonds is 5. The number of furan rings is 1. The molecule has 220 valence electrons. The molecule has 0 saturated heterocycles. The molecular formula is C43H27N3O. The molecule has 0 unspecified atom stereocenters. The van der Waals surface area contributed by atoms with Crippen LogP contribution < -0.4 is 0 Å². The van der Waals surface area contributed by atoms with E-state index in [-0.39, 0.29) is 0 Å². The molecule has 0 aliphatic carbocycles. The van der Waals surface area contributed by atoms with Crippen LogP contribution >= 0.6 is 0 Å². The fourth-order valence-corrected chi connectivity index (χ4v) is 6.48. The van der Waals surface area contributed by atoms with E-state index in [9.17, 15) is 0 Å². The standard InChI is InChI=1S/C43H27N3O/c1-3-12-28(13-4-1)30-24-31(33-17-10-21-38-34(33)20-11-23-44-38)26-32(25-30)39-27-40(46-43(45-39)29-14-5-2-6-15-29)37-19-9-18-36-35-16-7-8-22-41(35)47-42(36)37/h1-27H. The first-order valence-electron chi connectivity index (χ1n) is 15.7. The first-order valence-corrected chi connectivity index (χ1v) is 15.7. The van der Waals surface area contributed by atoms with Crippen LogP contribution in [0.4, 0.5) is 0 Å². The number of aromatic nitrogens is 3. The summed E-state index contributed by atoms with van der Waals surface area (Å²) < 4.78 is 6.46. The highest BCUT2D eigenvalue weighted by Crippen LogP contribution is 2.39. The zero-order valence-corrected chi connectivity index (χ0v) is 25.3. The van der Waals surface area contributed by atoms with E-state index in [0.29, 0.717) is 5.82 Å². The molecule has 4 heteroatoms. The Morgan fingerprint density at radius 3 is 1.94 bits per heavy atom. The maximum absolute atomic E-state index is 6.46. The quantitative estimate of drug-likeness (QED) is 0.197. The third-order valence-corrected chi connectivity index (χ3v) is 8.73. The zero-order chi connectivity index (χ0) is 31.2. The van der Waals surface area contributed by atoms with Crippen molar-refractivity contribution < 1.29 is 4.42 Å². The van der Waals surface area contributed by atoms with Crippen LogP contribution in [0.15, 0.2) is 168 Å². The van der Waals surface area contributed by atoms with Gasteiger partial charge in [0.1, 0.15) is 11.2 Å². The van der Waals surface area contributed by atoms with Gasteiger partial charge in [-0.2, -0.15) is 0 Å². The lowest BCUT2D eigenvalue weighted by molar-refractivity contribution is 0.670. The Labute approximate surface area is 271 Å². The molecule has 3 heterocycles. The summed E-state index contributed by atoms with van der Waals surface area (Å²) >= 11 is 0. The lowest BCUT2D eigenvalue weighted by Gasteiger charge is -2.14. The van der Waals surface area contributed by atoms with Gasteiger partial charge >= 0.3 is 0 Å². The second-order valence-electron chi connectivity index (χ2n) is 11.6. The summed E-state index contributed by atoms with van der Waals surface area (Å²) in [4.78, 5) is 15.0. The molecule has 4 nitrogen and oxygen atoms in total. The van der Waals surface area contributed by atoms with Crippen molar-refractivity contribution in [1.29, 1.82) is 0 Å². The number of hydrogen-bond acceptors (Lipinski definition) is 4. The predicted molar refractivity (Wildman–Crippen MR) is 192 cm³/mol. The second kappa shape index (κ2) is 11.2. The van der Waals surface area contributed by atoms with E-state index in [1.165, 1.54) is 0 Å². The summed E-state index contributed by atoms with van der Waals surface area (Å²) in [5, 5.41) is 3.26. The van der Waals surface area contributed by atoms with E-state index in [2.05, 4.69) is 114 Å². The molecule has 0 amide bonds. The molecule has 9 aromatic rings. The molecule has 0 saturated carbocycles. The number of fused-ring (bicyclic) bond motifs is 4. The normalized spacial score (nSPS) is 11.4. The van der Waals surface area contributed by atoms with Crippen LogP contribution in [0.1, 0.15) is 0 Å². The van der Waals surface area contributed by atoms with Gasteiger partial charge in [0.05, 0.1) is 16.9 Å². The van der Waals surface area contributed by atoms with Crippen molar-refractivity contribution in [3.63, 3.8) is 0 Å². The average Bonchev–Trinajstić information content (AvgIpc) is 3.54. The molecule has 6 aromatic carbocycles. The van der Waals surface area contributed by atoms with Gasteiger partial charge in [-0.05, 0) is 70.8 Å². The first-order chi connectivity index (χ1) is 23.3. The zero-order valence-electron chi connectivity index (χ0n) is 25.3. The first kappa shape index (κ1) is 27.0. The maximum atomic E-state index is 6.46. The summed E-state index contributed by atoms with van der Waals surface area (Å²) in [6.45, 7) is 0. The van der Waals surface area contributed by atoms with Crippen molar-refractivity contribution in [3.8, 4) is 56.2 Å². The molecule has 0 N–H and O–H groups in total. The van der Waals surface area contributed by atoms with Crippen LogP contribution in [0.3, 0.4) is 0 Å². The number of pyridine rings is 1. The third kappa shape index (κ3) is 4.84. The minimum absolute atomic E-state index is 0.659. The van der Waals surface area contributed by atoms with Gasteiger partial charge in [-0.15, -0.1) is 0 Å². The Balaban J connectivity index is 1.31. The highest BCUT2D eigenvalue weighted by atomic mass is 16.3. The van der Waals surface area contributed by atoms with Gasteiger partial charge in [-0.1, -0.05) is 109 Å². The summed E-state index contributed by atoms with van der Waals surface area (Å²) in [5.41, 5.74) is 11.6. The molecule has 0 fully saturated rings. The SMILES string of the molecule is c1ccc(-c2cc(-c3cc(-c4cccc5c4oc4ccccc45)nc(-c4ccccc4)n3)cc(-c3cccc4ncccc34)c2)cc1. The van der Waals surface area contributed by atoms with Crippen LogP contribution in [0.25, 0.3) is 89.0 Å². The third-order valence-electron chi connectivity index (χ3n) is 8.73. The molecule has 0 spiro atoms. The van der Waals surface area contributed by atoms with E-state index in [1.54, 1.807) is 0 Å².